The minimum absolute atomic E-state index is 0.0217. The van der Waals surface area contributed by atoms with E-state index in [1.54, 1.807) is 19.2 Å². The van der Waals surface area contributed by atoms with Crippen LogP contribution < -0.4 is 9.50 Å². The summed E-state index contributed by atoms with van der Waals surface area (Å²) in [7, 11) is -2.80. The van der Waals surface area contributed by atoms with Gasteiger partial charge in [0.05, 0.1) is 12.2 Å². The number of hydrogen-bond donors (Lipinski definition) is 1. The fourth-order valence-corrected chi connectivity index (χ4v) is 3.09. The number of ether oxygens (including phenoxy) is 1. The molecule has 0 aliphatic carbocycles. The summed E-state index contributed by atoms with van der Waals surface area (Å²) in [5.41, 5.74) is -0.295. The van der Waals surface area contributed by atoms with E-state index in [4.69, 9.17) is 8.92 Å². The molecule has 2 rings (SSSR count). The third-order valence-corrected chi connectivity index (χ3v) is 4.61. The number of nitrogens with one attached hydrogen (secondary N) is 1. The van der Waals surface area contributed by atoms with Crippen LogP contribution in [0.5, 0.6) is 5.75 Å². The lowest BCUT2D eigenvalue weighted by Gasteiger charge is -2.11. The molecular weight excluding hydrogens is 371 g/mol. The van der Waals surface area contributed by atoms with Gasteiger partial charge >= 0.3 is 16.3 Å². The maximum absolute atomic E-state index is 12.8. The molecule has 0 fully saturated rings. The Morgan fingerprint density at radius 3 is 2.50 bits per heavy atom. The molecule has 5 nitrogen and oxygen atoms in total. The van der Waals surface area contributed by atoms with Crippen molar-refractivity contribution in [2.75, 3.05) is 20.3 Å². The Bertz CT molecular complexity index is 838. The predicted octanol–water partition coefficient (Wildman–Crippen LogP) is 3.21. The van der Waals surface area contributed by atoms with Gasteiger partial charge in [-0.25, -0.2) is 0 Å². The minimum Gasteiger partial charge on any atom is -0.383 e. The standard InChI is InChI=1S/C17H18F3NO4S/c1-24-9-8-21-12-13-4-2-6-15(10-13)25-26(22,23)16-7-3-5-14(11-16)17(18,19)20/h2-7,10-11,21H,8-9,12H2,1H3. The zero-order valence-corrected chi connectivity index (χ0v) is 14.7. The largest absolute Gasteiger partial charge is 0.416 e. The molecule has 0 saturated carbocycles. The lowest BCUT2D eigenvalue weighted by molar-refractivity contribution is -0.137. The highest BCUT2D eigenvalue weighted by atomic mass is 32.2. The molecule has 0 spiro atoms. The molecule has 9 heteroatoms. The van der Waals surface area contributed by atoms with Crippen molar-refractivity contribution in [3.63, 3.8) is 0 Å². The third kappa shape index (κ3) is 5.72. The van der Waals surface area contributed by atoms with Gasteiger partial charge in [0.1, 0.15) is 10.6 Å². The van der Waals surface area contributed by atoms with Crippen LogP contribution in [0.15, 0.2) is 53.4 Å². The highest BCUT2D eigenvalue weighted by Gasteiger charge is 2.32. The molecule has 1 N–H and O–H groups in total. The number of hydrogen-bond acceptors (Lipinski definition) is 5. The lowest BCUT2D eigenvalue weighted by atomic mass is 10.2. The number of rotatable bonds is 8. The molecule has 0 aliphatic rings. The van der Waals surface area contributed by atoms with Crippen molar-refractivity contribution < 1.29 is 30.5 Å². The van der Waals surface area contributed by atoms with Gasteiger partial charge in [-0.05, 0) is 35.9 Å². The Labute approximate surface area is 149 Å². The minimum atomic E-state index is -4.64. The van der Waals surface area contributed by atoms with Crippen molar-refractivity contribution in [1.29, 1.82) is 0 Å². The third-order valence-electron chi connectivity index (χ3n) is 3.37. The maximum Gasteiger partial charge on any atom is 0.416 e. The molecule has 0 saturated heterocycles. The van der Waals surface area contributed by atoms with Crippen molar-refractivity contribution in [2.45, 2.75) is 17.6 Å². The molecule has 0 atom stereocenters. The fourth-order valence-electron chi connectivity index (χ4n) is 2.12. The molecule has 0 aliphatic heterocycles. The molecular formula is C17H18F3NO4S. The molecule has 0 aromatic heterocycles. The molecule has 0 amide bonds. The van der Waals surface area contributed by atoms with Crippen molar-refractivity contribution in [2.24, 2.45) is 0 Å². The molecule has 0 heterocycles. The summed E-state index contributed by atoms with van der Waals surface area (Å²) < 4.78 is 72.7. The Morgan fingerprint density at radius 1 is 1.08 bits per heavy atom. The molecule has 0 radical (unpaired) electrons. The van der Waals surface area contributed by atoms with Crippen LogP contribution in [0.2, 0.25) is 0 Å². The van der Waals surface area contributed by atoms with Gasteiger partial charge in [-0.1, -0.05) is 18.2 Å². The zero-order valence-electron chi connectivity index (χ0n) is 13.9. The quantitative estimate of drug-likeness (QED) is 0.555. The van der Waals surface area contributed by atoms with Crippen molar-refractivity contribution in [3.05, 3.63) is 59.7 Å². The van der Waals surface area contributed by atoms with Gasteiger partial charge in [0.15, 0.2) is 0 Å². The highest BCUT2D eigenvalue weighted by Crippen LogP contribution is 2.31. The summed E-state index contributed by atoms with van der Waals surface area (Å²) in [6.07, 6.45) is -4.64. The van der Waals surface area contributed by atoms with Crippen LogP contribution in [-0.4, -0.2) is 28.7 Å². The number of benzene rings is 2. The van der Waals surface area contributed by atoms with Gasteiger partial charge < -0.3 is 14.2 Å². The monoisotopic (exact) mass is 389 g/mol. The van der Waals surface area contributed by atoms with Gasteiger partial charge in [-0.2, -0.15) is 21.6 Å². The van der Waals surface area contributed by atoms with Crippen LogP contribution >= 0.6 is 0 Å². The summed E-state index contributed by atoms with van der Waals surface area (Å²) in [6.45, 7) is 1.61. The first-order valence-corrected chi connectivity index (χ1v) is 9.03. The normalized spacial score (nSPS) is 12.2. The SMILES string of the molecule is COCCNCc1cccc(OS(=O)(=O)c2cccc(C(F)(F)F)c2)c1. The van der Waals surface area contributed by atoms with E-state index in [1.807, 2.05) is 0 Å². The molecule has 2 aromatic carbocycles. The van der Waals surface area contributed by atoms with Crippen LogP contribution in [0.3, 0.4) is 0 Å². The van der Waals surface area contributed by atoms with E-state index in [0.717, 1.165) is 23.8 Å². The molecule has 0 unspecified atom stereocenters. The predicted molar refractivity (Wildman–Crippen MR) is 89.3 cm³/mol. The Morgan fingerprint density at radius 2 is 1.81 bits per heavy atom. The highest BCUT2D eigenvalue weighted by molar-refractivity contribution is 7.87. The van der Waals surface area contributed by atoms with Crippen LogP contribution in [0.1, 0.15) is 11.1 Å². The van der Waals surface area contributed by atoms with E-state index in [0.29, 0.717) is 25.8 Å². The fraction of sp³-hybridized carbons (Fsp3) is 0.294. The summed E-state index contributed by atoms with van der Waals surface area (Å²) in [4.78, 5) is -0.559. The first kappa shape index (κ1) is 20.2. The maximum atomic E-state index is 12.8. The van der Waals surface area contributed by atoms with Crippen LogP contribution in [-0.2, 0) is 27.6 Å². The van der Waals surface area contributed by atoms with Crippen LogP contribution in [0.4, 0.5) is 13.2 Å². The number of alkyl halides is 3. The molecule has 26 heavy (non-hydrogen) atoms. The average Bonchev–Trinajstić information content (AvgIpc) is 2.58. The first-order chi connectivity index (χ1) is 12.2. The van der Waals surface area contributed by atoms with Gasteiger partial charge in [0, 0.05) is 20.2 Å². The summed E-state index contributed by atoms with van der Waals surface area (Å²) in [5, 5.41) is 3.09. The van der Waals surface area contributed by atoms with E-state index in [-0.39, 0.29) is 5.75 Å². The number of methoxy groups -OCH3 is 1. The second-order valence-electron chi connectivity index (χ2n) is 5.38. The van der Waals surface area contributed by atoms with Gasteiger partial charge in [-0.15, -0.1) is 0 Å². The van der Waals surface area contributed by atoms with Crippen LogP contribution in [0.25, 0.3) is 0 Å². The summed E-state index contributed by atoms with van der Waals surface area (Å²) in [6, 6.07) is 9.72. The average molecular weight is 389 g/mol. The smallest absolute Gasteiger partial charge is 0.383 e. The van der Waals surface area contributed by atoms with Crippen molar-refractivity contribution in [1.82, 2.24) is 5.32 Å². The van der Waals surface area contributed by atoms with Crippen molar-refractivity contribution >= 4 is 10.1 Å². The van der Waals surface area contributed by atoms with Gasteiger partial charge in [0.25, 0.3) is 0 Å². The van der Waals surface area contributed by atoms with E-state index in [2.05, 4.69) is 5.32 Å². The molecule has 0 bridgehead atoms. The Balaban J connectivity index is 2.14. The second-order valence-corrected chi connectivity index (χ2v) is 6.93. The first-order valence-electron chi connectivity index (χ1n) is 7.63. The van der Waals surface area contributed by atoms with Gasteiger partial charge in [0.2, 0.25) is 0 Å². The Kier molecular flexibility index (Phi) is 6.63. The lowest BCUT2D eigenvalue weighted by Crippen LogP contribution is -2.18. The van der Waals surface area contributed by atoms with E-state index in [9.17, 15) is 21.6 Å². The van der Waals surface area contributed by atoms with E-state index >= 15 is 0 Å². The van der Waals surface area contributed by atoms with Crippen molar-refractivity contribution in [3.8, 4) is 5.75 Å². The second kappa shape index (κ2) is 8.52. The summed E-state index contributed by atoms with van der Waals surface area (Å²) in [5.74, 6) is 0.0217. The molecule has 142 valence electrons. The Hall–Kier alpha value is -2.10. The summed E-state index contributed by atoms with van der Waals surface area (Å²) >= 11 is 0. The topological polar surface area (TPSA) is 64.6 Å². The number of halogens is 3. The zero-order chi connectivity index (χ0) is 19.2. The molecule has 2 aromatic rings. The van der Waals surface area contributed by atoms with E-state index in [1.165, 1.54) is 12.1 Å². The van der Waals surface area contributed by atoms with Gasteiger partial charge in [-0.3, -0.25) is 0 Å². The van der Waals surface area contributed by atoms with E-state index < -0.39 is 26.8 Å². The van der Waals surface area contributed by atoms with Crippen LogP contribution in [0, 0.1) is 0 Å².